The van der Waals surface area contributed by atoms with Crippen molar-refractivity contribution in [3.63, 3.8) is 0 Å². The molecule has 12 heavy (non-hydrogen) atoms. The van der Waals surface area contributed by atoms with E-state index in [1.807, 2.05) is 0 Å². The van der Waals surface area contributed by atoms with Crippen LogP contribution in [-0.2, 0) is 0 Å². The second kappa shape index (κ2) is 4.11. The van der Waals surface area contributed by atoms with E-state index in [4.69, 9.17) is 0 Å². The van der Waals surface area contributed by atoms with Gasteiger partial charge in [0.05, 0.1) is 0 Å². The lowest BCUT2D eigenvalue weighted by atomic mass is 9.74. The molecule has 72 valence electrons. The quantitative estimate of drug-likeness (QED) is 0.547. The summed E-state index contributed by atoms with van der Waals surface area (Å²) in [7, 11) is 0. The Balaban J connectivity index is 4.04. The van der Waals surface area contributed by atoms with Crippen LogP contribution in [0, 0.1) is 10.8 Å². The van der Waals surface area contributed by atoms with Crippen LogP contribution in [-0.4, -0.2) is 0 Å². The van der Waals surface area contributed by atoms with Crippen LogP contribution in [0.25, 0.3) is 0 Å². The maximum absolute atomic E-state index is 2.35. The molecular weight excluding hydrogens is 144 g/mol. The van der Waals surface area contributed by atoms with Gasteiger partial charge in [-0.1, -0.05) is 46.8 Å². The topological polar surface area (TPSA) is 0 Å². The van der Waals surface area contributed by atoms with Gasteiger partial charge in [-0.05, 0) is 30.6 Å². The molecule has 0 rings (SSSR count). The van der Waals surface area contributed by atoms with Crippen molar-refractivity contribution in [3.8, 4) is 0 Å². The molecule has 0 saturated heterocycles. The summed E-state index contributed by atoms with van der Waals surface area (Å²) < 4.78 is 0. The monoisotopic (exact) mass is 168 g/mol. The van der Waals surface area contributed by atoms with Gasteiger partial charge in [0.25, 0.3) is 0 Å². The minimum atomic E-state index is 0.449. The first-order valence-corrected chi connectivity index (χ1v) is 4.88. The van der Waals surface area contributed by atoms with Gasteiger partial charge in [-0.25, -0.2) is 0 Å². The van der Waals surface area contributed by atoms with E-state index in [9.17, 15) is 0 Å². The highest BCUT2D eigenvalue weighted by molar-refractivity contribution is 4.86. The molecule has 0 heterocycles. The van der Waals surface area contributed by atoms with Crippen LogP contribution in [0.4, 0.5) is 0 Å². The SMILES string of the molecule is C/C=C/CC(C)(C)CC(C)(C)C. The van der Waals surface area contributed by atoms with Crippen molar-refractivity contribution in [1.82, 2.24) is 0 Å². The molecule has 0 aliphatic rings. The normalized spacial score (nSPS) is 14.2. The average molecular weight is 168 g/mol. The fourth-order valence-electron chi connectivity index (χ4n) is 1.94. The third-order valence-corrected chi connectivity index (χ3v) is 1.92. The third kappa shape index (κ3) is 6.45. The molecule has 0 saturated carbocycles. The lowest BCUT2D eigenvalue weighted by Crippen LogP contribution is -2.19. The highest BCUT2D eigenvalue weighted by Gasteiger charge is 2.23. The Morgan fingerprint density at radius 1 is 1.00 bits per heavy atom. The van der Waals surface area contributed by atoms with Gasteiger partial charge in [0.15, 0.2) is 0 Å². The van der Waals surface area contributed by atoms with Crippen molar-refractivity contribution in [3.05, 3.63) is 12.2 Å². The molecule has 0 heteroatoms. The Morgan fingerprint density at radius 3 is 1.83 bits per heavy atom. The fourth-order valence-corrected chi connectivity index (χ4v) is 1.94. The molecule has 0 aromatic carbocycles. The standard InChI is InChI=1S/C12H24/c1-7-8-9-12(5,6)10-11(2,3)4/h7-8H,9-10H2,1-6H3/b8-7+. The molecule has 0 aliphatic heterocycles. The number of allylic oxidation sites excluding steroid dienone is 2. The van der Waals surface area contributed by atoms with E-state index in [-0.39, 0.29) is 0 Å². The molecule has 0 radical (unpaired) electrons. The van der Waals surface area contributed by atoms with Gasteiger partial charge in [0.1, 0.15) is 0 Å². The van der Waals surface area contributed by atoms with Crippen molar-refractivity contribution in [2.24, 2.45) is 10.8 Å². The van der Waals surface area contributed by atoms with E-state index >= 15 is 0 Å². The van der Waals surface area contributed by atoms with E-state index in [0.29, 0.717) is 10.8 Å². The van der Waals surface area contributed by atoms with Crippen molar-refractivity contribution in [2.75, 3.05) is 0 Å². The summed E-state index contributed by atoms with van der Waals surface area (Å²) in [6.07, 6.45) is 6.89. The van der Waals surface area contributed by atoms with E-state index in [1.165, 1.54) is 12.8 Å². The smallest absolute Gasteiger partial charge is 0.0299 e. The summed E-state index contributed by atoms with van der Waals surface area (Å²) in [4.78, 5) is 0. The molecule has 0 bridgehead atoms. The van der Waals surface area contributed by atoms with Crippen LogP contribution in [0.15, 0.2) is 12.2 Å². The highest BCUT2D eigenvalue weighted by atomic mass is 14.3. The maximum Gasteiger partial charge on any atom is -0.0299 e. The highest BCUT2D eigenvalue weighted by Crippen LogP contribution is 2.35. The summed E-state index contributed by atoms with van der Waals surface area (Å²) >= 11 is 0. The van der Waals surface area contributed by atoms with Gasteiger partial charge in [-0.3, -0.25) is 0 Å². The first-order chi connectivity index (χ1) is 5.27. The Labute approximate surface area is 78.1 Å². The van der Waals surface area contributed by atoms with Crippen LogP contribution in [0.2, 0.25) is 0 Å². The molecule has 0 spiro atoms. The van der Waals surface area contributed by atoms with Gasteiger partial charge in [-0.15, -0.1) is 0 Å². The first-order valence-electron chi connectivity index (χ1n) is 4.88. The van der Waals surface area contributed by atoms with E-state index in [1.54, 1.807) is 0 Å². The van der Waals surface area contributed by atoms with E-state index < -0.39 is 0 Å². The Bertz CT molecular complexity index is 144. The zero-order valence-corrected chi connectivity index (χ0v) is 9.57. The minimum Gasteiger partial charge on any atom is -0.0916 e. The summed E-state index contributed by atoms with van der Waals surface area (Å²) in [6, 6.07) is 0. The van der Waals surface area contributed by atoms with Crippen LogP contribution in [0.5, 0.6) is 0 Å². The molecule has 0 N–H and O–H groups in total. The van der Waals surface area contributed by atoms with Crippen LogP contribution < -0.4 is 0 Å². The molecule has 0 aromatic rings. The molecule has 0 atom stereocenters. The number of rotatable bonds is 3. The van der Waals surface area contributed by atoms with Gasteiger partial charge in [0.2, 0.25) is 0 Å². The largest absolute Gasteiger partial charge is 0.0916 e. The Kier molecular flexibility index (Phi) is 4.02. The second-order valence-corrected chi connectivity index (χ2v) is 5.67. The molecule has 0 amide bonds. The zero-order chi connectivity index (χ0) is 9.83. The van der Waals surface area contributed by atoms with E-state index in [0.717, 1.165) is 0 Å². The molecule has 0 aromatic heterocycles. The molecule has 0 unspecified atom stereocenters. The van der Waals surface area contributed by atoms with Gasteiger partial charge in [-0.2, -0.15) is 0 Å². The predicted molar refractivity (Wildman–Crippen MR) is 57.3 cm³/mol. The number of hydrogen-bond acceptors (Lipinski definition) is 0. The Morgan fingerprint density at radius 2 is 1.50 bits per heavy atom. The third-order valence-electron chi connectivity index (χ3n) is 1.92. The lowest BCUT2D eigenvalue weighted by Gasteiger charge is -2.31. The zero-order valence-electron chi connectivity index (χ0n) is 9.57. The van der Waals surface area contributed by atoms with Crippen molar-refractivity contribution in [1.29, 1.82) is 0 Å². The van der Waals surface area contributed by atoms with Gasteiger partial charge in [0, 0.05) is 0 Å². The van der Waals surface area contributed by atoms with E-state index in [2.05, 4.69) is 53.7 Å². The molecule has 0 aliphatic carbocycles. The first kappa shape index (κ1) is 11.7. The van der Waals surface area contributed by atoms with Crippen molar-refractivity contribution < 1.29 is 0 Å². The summed E-state index contributed by atoms with van der Waals surface area (Å²) in [5.41, 5.74) is 0.899. The van der Waals surface area contributed by atoms with Crippen molar-refractivity contribution in [2.45, 2.75) is 54.4 Å². The summed E-state index contributed by atoms with van der Waals surface area (Å²) in [5, 5.41) is 0. The fraction of sp³-hybridized carbons (Fsp3) is 0.833. The molecule has 0 fully saturated rings. The second-order valence-electron chi connectivity index (χ2n) is 5.67. The van der Waals surface area contributed by atoms with Gasteiger partial charge < -0.3 is 0 Å². The molecule has 0 nitrogen and oxygen atoms in total. The van der Waals surface area contributed by atoms with Crippen LogP contribution in [0.3, 0.4) is 0 Å². The summed E-state index contributed by atoms with van der Waals surface area (Å²) in [6.45, 7) is 13.7. The van der Waals surface area contributed by atoms with Crippen molar-refractivity contribution >= 4 is 0 Å². The minimum absolute atomic E-state index is 0.449. The van der Waals surface area contributed by atoms with Crippen LogP contribution in [0.1, 0.15) is 54.4 Å². The van der Waals surface area contributed by atoms with Crippen LogP contribution >= 0.6 is 0 Å². The summed E-state index contributed by atoms with van der Waals surface area (Å²) in [5.74, 6) is 0. The predicted octanol–water partition coefficient (Wildman–Crippen LogP) is 4.42. The number of hydrogen-bond donors (Lipinski definition) is 0. The lowest BCUT2D eigenvalue weighted by molar-refractivity contribution is 0.215. The Hall–Kier alpha value is -0.260. The molecular formula is C12H24. The average Bonchev–Trinajstić information content (AvgIpc) is 1.78. The maximum atomic E-state index is 2.35. The van der Waals surface area contributed by atoms with Gasteiger partial charge >= 0.3 is 0 Å².